The third-order valence-corrected chi connectivity index (χ3v) is 8.62. The van der Waals surface area contributed by atoms with Gasteiger partial charge in [-0.3, -0.25) is 9.36 Å². The molecule has 2 unspecified atom stereocenters. The minimum atomic E-state index is -4.49. The summed E-state index contributed by atoms with van der Waals surface area (Å²) in [5.74, 6) is -0.345. The van der Waals surface area contributed by atoms with Gasteiger partial charge in [-0.25, -0.2) is 0 Å². The number of phosphoric ester groups is 1. The molecule has 0 aromatic heterocycles. The van der Waals surface area contributed by atoms with Crippen molar-refractivity contribution in [3.8, 4) is 0 Å². The molecule has 0 bridgehead atoms. The Bertz CT molecular complexity index is 672. The molecular weight excluding hydrogens is 565 g/mol. The molecule has 43 heavy (non-hydrogen) atoms. The average Bonchev–Trinajstić information content (AvgIpc) is 2.94. The predicted octanol–water partition coefficient (Wildman–Crippen LogP) is 8.74. The van der Waals surface area contributed by atoms with Crippen molar-refractivity contribution in [1.82, 2.24) is 0 Å². The second-order valence-corrected chi connectivity index (χ2v) is 14.7. The molecule has 0 aliphatic rings. The summed E-state index contributed by atoms with van der Waals surface area (Å²) < 4.78 is 34.2. The molecule has 0 heterocycles. The van der Waals surface area contributed by atoms with Gasteiger partial charge in [-0.05, 0) is 12.8 Å². The van der Waals surface area contributed by atoms with E-state index in [-0.39, 0.29) is 25.8 Å². The summed E-state index contributed by atoms with van der Waals surface area (Å²) in [5.41, 5.74) is 0. The van der Waals surface area contributed by atoms with Crippen LogP contribution in [0.5, 0.6) is 0 Å². The molecule has 0 radical (unpaired) electrons. The van der Waals surface area contributed by atoms with Crippen molar-refractivity contribution < 1.29 is 37.3 Å². The number of hydrogen-bond donors (Lipinski definition) is 0. The molecule has 0 aliphatic carbocycles. The second-order valence-electron chi connectivity index (χ2n) is 13.2. The number of carbonyl (C=O) groups excluding carboxylic acids is 1. The van der Waals surface area contributed by atoms with Crippen LogP contribution < -0.4 is 4.89 Å². The van der Waals surface area contributed by atoms with Crippen LogP contribution in [0.2, 0.25) is 0 Å². The Morgan fingerprint density at radius 2 is 1.07 bits per heavy atom. The Hall–Kier alpha value is -0.500. The highest BCUT2D eigenvalue weighted by Crippen LogP contribution is 2.38. The first-order valence-electron chi connectivity index (χ1n) is 17.8. The Kier molecular flexibility index (Phi) is 28.6. The number of nitrogens with zero attached hydrogens (tertiary/aromatic N) is 1. The SMILES string of the molecule is CCCCCCCCCCCCCCCCCCOCC(COP(=O)([O-])OCC[N+](C)(C)C)OC(=O)CCCCCCC. The van der Waals surface area contributed by atoms with Crippen LogP contribution in [0.25, 0.3) is 0 Å². The molecule has 0 amide bonds. The molecule has 0 aromatic carbocycles. The van der Waals surface area contributed by atoms with Gasteiger partial charge in [-0.1, -0.05) is 136 Å². The van der Waals surface area contributed by atoms with E-state index in [2.05, 4.69) is 13.8 Å². The van der Waals surface area contributed by atoms with Crippen LogP contribution in [0.4, 0.5) is 0 Å². The van der Waals surface area contributed by atoms with Crippen LogP contribution >= 0.6 is 7.82 Å². The summed E-state index contributed by atoms with van der Waals surface area (Å²) in [4.78, 5) is 24.6. The number of quaternary nitrogens is 1. The highest BCUT2D eigenvalue weighted by Gasteiger charge is 2.20. The van der Waals surface area contributed by atoms with Crippen LogP contribution in [0, 0.1) is 0 Å². The highest BCUT2D eigenvalue weighted by atomic mass is 31.2. The van der Waals surface area contributed by atoms with Crippen molar-refractivity contribution in [2.24, 2.45) is 0 Å². The maximum Gasteiger partial charge on any atom is 0.306 e. The molecule has 8 nitrogen and oxygen atoms in total. The summed E-state index contributed by atoms with van der Waals surface area (Å²) in [6.07, 6.45) is 25.7. The molecule has 0 spiro atoms. The van der Waals surface area contributed by atoms with Crippen molar-refractivity contribution in [3.63, 3.8) is 0 Å². The molecule has 0 rings (SSSR count). The highest BCUT2D eigenvalue weighted by molar-refractivity contribution is 7.45. The summed E-state index contributed by atoms with van der Waals surface area (Å²) in [6, 6.07) is 0. The van der Waals surface area contributed by atoms with Gasteiger partial charge in [0.15, 0.2) is 0 Å². The minimum Gasteiger partial charge on any atom is -0.756 e. The molecular formula is C34H70NO7P. The summed E-state index contributed by atoms with van der Waals surface area (Å²) >= 11 is 0. The minimum absolute atomic E-state index is 0.0300. The number of hydrogen-bond acceptors (Lipinski definition) is 7. The van der Waals surface area contributed by atoms with E-state index >= 15 is 0 Å². The topological polar surface area (TPSA) is 94.1 Å². The quantitative estimate of drug-likeness (QED) is 0.0308. The standard InChI is InChI=1S/C34H70NO7P/c1-6-8-10-12-13-14-15-16-17-18-19-20-21-22-24-26-29-39-31-33(42-34(36)27-25-23-11-9-7-2)32-41-43(37,38)40-30-28-35(3,4)5/h33H,6-32H2,1-5H3. The molecule has 0 fully saturated rings. The number of carbonyl (C=O) groups is 1. The van der Waals surface area contributed by atoms with Crippen molar-refractivity contribution >= 4 is 13.8 Å². The van der Waals surface area contributed by atoms with E-state index in [4.69, 9.17) is 18.5 Å². The Balaban J connectivity index is 4.10. The number of rotatable bonds is 33. The molecule has 0 aromatic rings. The normalized spacial score (nSPS) is 14.1. The van der Waals surface area contributed by atoms with Gasteiger partial charge in [0.1, 0.15) is 19.3 Å². The average molecular weight is 636 g/mol. The molecule has 0 aliphatic heterocycles. The fraction of sp³-hybridized carbons (Fsp3) is 0.971. The fourth-order valence-corrected chi connectivity index (χ4v) is 5.57. The summed E-state index contributed by atoms with van der Waals surface area (Å²) in [7, 11) is 1.36. The zero-order valence-electron chi connectivity index (χ0n) is 28.9. The lowest BCUT2D eigenvalue weighted by Crippen LogP contribution is -2.37. The summed E-state index contributed by atoms with van der Waals surface area (Å²) in [6.45, 7) is 5.34. The van der Waals surface area contributed by atoms with Gasteiger partial charge in [-0.15, -0.1) is 0 Å². The maximum absolute atomic E-state index is 12.4. The largest absolute Gasteiger partial charge is 0.756 e. The van der Waals surface area contributed by atoms with E-state index in [1.165, 1.54) is 89.9 Å². The van der Waals surface area contributed by atoms with Gasteiger partial charge < -0.3 is 27.9 Å². The van der Waals surface area contributed by atoms with E-state index in [0.717, 1.165) is 44.9 Å². The summed E-state index contributed by atoms with van der Waals surface area (Å²) in [5, 5.41) is 0. The van der Waals surface area contributed by atoms with Crippen molar-refractivity contribution in [3.05, 3.63) is 0 Å². The number of phosphoric acid groups is 1. The maximum atomic E-state index is 12.4. The Morgan fingerprint density at radius 3 is 1.53 bits per heavy atom. The first kappa shape index (κ1) is 42.5. The first-order chi connectivity index (χ1) is 20.6. The van der Waals surface area contributed by atoms with Crippen LogP contribution in [-0.4, -0.2) is 70.7 Å². The van der Waals surface area contributed by atoms with E-state index in [1.807, 2.05) is 21.1 Å². The van der Waals surface area contributed by atoms with Gasteiger partial charge in [0.2, 0.25) is 0 Å². The van der Waals surface area contributed by atoms with Crippen LogP contribution in [0.1, 0.15) is 155 Å². The molecule has 9 heteroatoms. The molecule has 0 N–H and O–H groups in total. The Morgan fingerprint density at radius 1 is 0.628 bits per heavy atom. The van der Waals surface area contributed by atoms with Gasteiger partial charge in [0.25, 0.3) is 7.82 Å². The number of esters is 1. The van der Waals surface area contributed by atoms with Crippen molar-refractivity contribution in [2.45, 2.75) is 161 Å². The number of ether oxygens (including phenoxy) is 2. The van der Waals surface area contributed by atoms with Gasteiger partial charge >= 0.3 is 5.97 Å². The third-order valence-electron chi connectivity index (χ3n) is 7.66. The second kappa shape index (κ2) is 28.9. The first-order valence-corrected chi connectivity index (χ1v) is 19.2. The van der Waals surface area contributed by atoms with E-state index in [9.17, 15) is 14.3 Å². The Labute approximate surface area is 266 Å². The zero-order valence-corrected chi connectivity index (χ0v) is 29.8. The van der Waals surface area contributed by atoms with Gasteiger partial charge in [0.05, 0.1) is 34.4 Å². The lowest BCUT2D eigenvalue weighted by atomic mass is 10.0. The van der Waals surface area contributed by atoms with E-state index in [1.54, 1.807) is 0 Å². The van der Waals surface area contributed by atoms with Gasteiger partial charge in [0, 0.05) is 13.0 Å². The lowest BCUT2D eigenvalue weighted by Gasteiger charge is -2.28. The predicted molar refractivity (Wildman–Crippen MR) is 176 cm³/mol. The molecule has 258 valence electrons. The fourth-order valence-electron chi connectivity index (χ4n) is 4.84. The van der Waals surface area contributed by atoms with Crippen LogP contribution in [-0.2, 0) is 27.9 Å². The molecule has 0 saturated carbocycles. The van der Waals surface area contributed by atoms with E-state index in [0.29, 0.717) is 24.1 Å². The zero-order chi connectivity index (χ0) is 32.1. The van der Waals surface area contributed by atoms with E-state index < -0.39 is 13.9 Å². The smallest absolute Gasteiger partial charge is 0.306 e. The van der Waals surface area contributed by atoms with Crippen molar-refractivity contribution in [2.75, 3.05) is 54.1 Å². The molecule has 2 atom stereocenters. The van der Waals surface area contributed by atoms with Crippen LogP contribution in [0.15, 0.2) is 0 Å². The lowest BCUT2D eigenvalue weighted by molar-refractivity contribution is -0.870. The van der Waals surface area contributed by atoms with Gasteiger partial charge in [-0.2, -0.15) is 0 Å². The third kappa shape index (κ3) is 32.7. The number of likely N-dealkylation sites (N-methyl/N-ethyl adjacent to an activating group) is 1. The van der Waals surface area contributed by atoms with Crippen molar-refractivity contribution in [1.29, 1.82) is 0 Å². The monoisotopic (exact) mass is 635 g/mol. The number of unbranched alkanes of at least 4 members (excludes halogenated alkanes) is 19. The molecule has 0 saturated heterocycles. The van der Waals surface area contributed by atoms with Crippen LogP contribution in [0.3, 0.4) is 0 Å².